The van der Waals surface area contributed by atoms with Crippen LogP contribution in [0.15, 0.2) is 22.7 Å². The average molecular weight is 310 g/mol. The van der Waals surface area contributed by atoms with Crippen LogP contribution in [0.2, 0.25) is 0 Å². The van der Waals surface area contributed by atoms with Gasteiger partial charge in [-0.1, -0.05) is 15.9 Å². The van der Waals surface area contributed by atoms with Crippen LogP contribution in [-0.2, 0) is 6.54 Å². The van der Waals surface area contributed by atoms with Crippen LogP contribution in [0.25, 0.3) is 11.1 Å². The molecule has 0 bridgehead atoms. The second-order valence-corrected chi connectivity index (χ2v) is 4.96. The quantitative estimate of drug-likeness (QED) is 0.913. The van der Waals surface area contributed by atoms with Crippen LogP contribution >= 0.6 is 15.9 Å². The third-order valence-electron chi connectivity index (χ3n) is 2.80. The van der Waals surface area contributed by atoms with E-state index in [0.717, 1.165) is 39.3 Å². The van der Waals surface area contributed by atoms with Crippen LogP contribution in [0.3, 0.4) is 0 Å². The number of ether oxygens (including phenoxy) is 1. The highest BCUT2D eigenvalue weighted by Crippen LogP contribution is 2.35. The highest BCUT2D eigenvalue weighted by atomic mass is 79.9. The number of benzene rings is 1. The fourth-order valence-corrected chi connectivity index (χ4v) is 2.37. The maximum atomic E-state index is 5.43. The number of nitrogens with zero attached hydrogens (tertiary/aromatic N) is 1. The summed E-state index contributed by atoms with van der Waals surface area (Å²) in [5.41, 5.74) is 4.17. The van der Waals surface area contributed by atoms with Crippen LogP contribution in [-0.4, -0.2) is 24.4 Å². The molecule has 0 amide bonds. The summed E-state index contributed by atoms with van der Waals surface area (Å²) in [5.74, 6) is 0.847. The minimum atomic E-state index is 0.718. The zero-order valence-electron chi connectivity index (χ0n) is 10.7. The minimum Gasteiger partial charge on any atom is -0.496 e. The van der Waals surface area contributed by atoms with Crippen molar-refractivity contribution in [2.24, 2.45) is 0 Å². The molecule has 2 rings (SSSR count). The number of halogens is 1. The van der Waals surface area contributed by atoms with E-state index in [-0.39, 0.29) is 0 Å². The fraction of sp³-hybridized carbons (Fsp3) is 0.308. The van der Waals surface area contributed by atoms with Gasteiger partial charge in [0.2, 0.25) is 0 Å². The Balaban J connectivity index is 2.60. The molecule has 5 heteroatoms. The molecule has 0 fully saturated rings. The number of aromatic nitrogens is 2. The first kappa shape index (κ1) is 13.1. The third kappa shape index (κ3) is 2.42. The van der Waals surface area contributed by atoms with Gasteiger partial charge in [-0.15, -0.1) is 0 Å². The summed E-state index contributed by atoms with van der Waals surface area (Å²) in [4.78, 5) is 0. The summed E-state index contributed by atoms with van der Waals surface area (Å²) >= 11 is 3.50. The Hall–Kier alpha value is -1.33. The molecule has 0 unspecified atom stereocenters. The molecular weight excluding hydrogens is 294 g/mol. The first-order valence-corrected chi connectivity index (χ1v) is 6.49. The van der Waals surface area contributed by atoms with Gasteiger partial charge < -0.3 is 10.1 Å². The van der Waals surface area contributed by atoms with Crippen molar-refractivity contribution in [1.82, 2.24) is 15.5 Å². The second-order valence-electron chi connectivity index (χ2n) is 4.05. The van der Waals surface area contributed by atoms with Gasteiger partial charge in [0.05, 0.1) is 12.8 Å². The van der Waals surface area contributed by atoms with Gasteiger partial charge in [-0.3, -0.25) is 5.10 Å². The zero-order chi connectivity index (χ0) is 13.1. The Labute approximate surface area is 115 Å². The first-order valence-electron chi connectivity index (χ1n) is 5.69. The highest BCUT2D eigenvalue weighted by Gasteiger charge is 2.16. The lowest BCUT2D eigenvalue weighted by molar-refractivity contribution is 0.416. The number of aromatic amines is 1. The molecule has 2 N–H and O–H groups in total. The van der Waals surface area contributed by atoms with Crippen molar-refractivity contribution in [3.8, 4) is 16.9 Å². The van der Waals surface area contributed by atoms with E-state index in [0.29, 0.717) is 0 Å². The first-order chi connectivity index (χ1) is 8.67. The molecule has 1 aromatic heterocycles. The van der Waals surface area contributed by atoms with E-state index < -0.39 is 0 Å². The maximum absolute atomic E-state index is 5.43. The molecule has 0 saturated heterocycles. The van der Waals surface area contributed by atoms with Gasteiger partial charge >= 0.3 is 0 Å². The zero-order valence-corrected chi connectivity index (χ0v) is 12.3. The van der Waals surface area contributed by atoms with Crippen molar-refractivity contribution in [1.29, 1.82) is 0 Å². The van der Waals surface area contributed by atoms with Crippen LogP contribution in [0.4, 0.5) is 0 Å². The lowest BCUT2D eigenvalue weighted by atomic mass is 10.0. The van der Waals surface area contributed by atoms with Crippen LogP contribution in [0.5, 0.6) is 5.75 Å². The number of hydrogen-bond acceptors (Lipinski definition) is 3. The van der Waals surface area contributed by atoms with E-state index in [1.165, 1.54) is 0 Å². The molecule has 1 heterocycles. The number of rotatable bonds is 4. The molecule has 0 saturated carbocycles. The molecule has 0 radical (unpaired) electrons. The molecule has 0 atom stereocenters. The third-order valence-corrected chi connectivity index (χ3v) is 3.29. The van der Waals surface area contributed by atoms with Gasteiger partial charge in [0.15, 0.2) is 0 Å². The van der Waals surface area contributed by atoms with E-state index in [2.05, 4.69) is 37.5 Å². The number of hydrogen-bond donors (Lipinski definition) is 2. The number of aryl methyl sites for hydroxylation is 1. The van der Waals surface area contributed by atoms with Crippen molar-refractivity contribution in [3.63, 3.8) is 0 Å². The van der Waals surface area contributed by atoms with E-state index in [9.17, 15) is 0 Å². The molecule has 96 valence electrons. The number of nitrogens with one attached hydrogen (secondary N) is 2. The van der Waals surface area contributed by atoms with Gasteiger partial charge in [0, 0.05) is 27.8 Å². The molecule has 18 heavy (non-hydrogen) atoms. The second kappa shape index (κ2) is 5.54. The van der Waals surface area contributed by atoms with Gasteiger partial charge in [0.25, 0.3) is 0 Å². The van der Waals surface area contributed by atoms with Crippen LogP contribution in [0, 0.1) is 6.92 Å². The maximum Gasteiger partial charge on any atom is 0.126 e. The Morgan fingerprint density at radius 1 is 1.44 bits per heavy atom. The molecule has 0 aliphatic carbocycles. The van der Waals surface area contributed by atoms with Crippen LogP contribution in [0.1, 0.15) is 11.4 Å². The van der Waals surface area contributed by atoms with Crippen molar-refractivity contribution < 1.29 is 4.74 Å². The Bertz CT molecular complexity index is 551. The largest absolute Gasteiger partial charge is 0.496 e. The predicted molar refractivity (Wildman–Crippen MR) is 75.8 cm³/mol. The molecule has 0 spiro atoms. The van der Waals surface area contributed by atoms with Crippen LogP contribution < -0.4 is 10.1 Å². The lowest BCUT2D eigenvalue weighted by Gasteiger charge is -2.10. The summed E-state index contributed by atoms with van der Waals surface area (Å²) in [7, 11) is 3.59. The summed E-state index contributed by atoms with van der Waals surface area (Å²) in [6.45, 7) is 2.73. The van der Waals surface area contributed by atoms with E-state index in [4.69, 9.17) is 4.74 Å². The van der Waals surface area contributed by atoms with Crippen molar-refractivity contribution in [3.05, 3.63) is 34.1 Å². The van der Waals surface area contributed by atoms with E-state index in [1.807, 2.05) is 26.1 Å². The minimum absolute atomic E-state index is 0.718. The Kier molecular flexibility index (Phi) is 4.04. The monoisotopic (exact) mass is 309 g/mol. The normalized spacial score (nSPS) is 10.7. The Morgan fingerprint density at radius 2 is 2.22 bits per heavy atom. The standard InChI is InChI=1S/C13H16BrN3O/c1-8-13(11(7-15-2)17-16-8)10-6-9(14)4-5-12(10)18-3/h4-6,15H,7H2,1-3H3,(H,16,17). The summed E-state index contributed by atoms with van der Waals surface area (Å²) < 4.78 is 6.45. The molecular formula is C13H16BrN3O. The van der Waals surface area contributed by atoms with Gasteiger partial charge in [-0.25, -0.2) is 0 Å². The SMILES string of the molecule is CNCc1n[nH]c(C)c1-c1cc(Br)ccc1OC. The molecule has 1 aromatic carbocycles. The van der Waals surface area contributed by atoms with E-state index in [1.54, 1.807) is 7.11 Å². The van der Waals surface area contributed by atoms with Crippen molar-refractivity contribution in [2.45, 2.75) is 13.5 Å². The summed E-state index contributed by atoms with van der Waals surface area (Å²) in [6.07, 6.45) is 0. The van der Waals surface area contributed by atoms with Gasteiger partial charge in [0.1, 0.15) is 5.75 Å². The number of H-pyrrole nitrogens is 1. The molecule has 0 aliphatic heterocycles. The Morgan fingerprint density at radius 3 is 2.89 bits per heavy atom. The topological polar surface area (TPSA) is 49.9 Å². The lowest BCUT2D eigenvalue weighted by Crippen LogP contribution is -2.06. The van der Waals surface area contributed by atoms with Crippen molar-refractivity contribution in [2.75, 3.05) is 14.2 Å². The predicted octanol–water partition coefficient (Wildman–Crippen LogP) is 2.88. The van der Waals surface area contributed by atoms with E-state index >= 15 is 0 Å². The molecule has 2 aromatic rings. The summed E-state index contributed by atoms with van der Waals surface area (Å²) in [6, 6.07) is 5.97. The molecule has 4 nitrogen and oxygen atoms in total. The average Bonchev–Trinajstić information content (AvgIpc) is 2.71. The van der Waals surface area contributed by atoms with Crippen molar-refractivity contribution >= 4 is 15.9 Å². The fourth-order valence-electron chi connectivity index (χ4n) is 2.01. The molecule has 0 aliphatic rings. The van der Waals surface area contributed by atoms with Gasteiger partial charge in [-0.2, -0.15) is 5.10 Å². The smallest absolute Gasteiger partial charge is 0.126 e. The number of methoxy groups -OCH3 is 1. The summed E-state index contributed by atoms with van der Waals surface area (Å²) in [5, 5.41) is 10.5. The van der Waals surface area contributed by atoms with Gasteiger partial charge in [-0.05, 0) is 32.2 Å². The highest BCUT2D eigenvalue weighted by molar-refractivity contribution is 9.10.